The lowest BCUT2D eigenvalue weighted by Crippen LogP contribution is -2.58. The number of ether oxygens (including phenoxy) is 3. The molecule has 3 heterocycles. The first-order valence-corrected chi connectivity index (χ1v) is 25.4. The number of hydrogen-bond acceptors (Lipinski definition) is 12. The van der Waals surface area contributed by atoms with Crippen molar-refractivity contribution in [2.24, 2.45) is 11.8 Å². The first-order chi connectivity index (χ1) is 35.8. The van der Waals surface area contributed by atoms with Gasteiger partial charge in [-0.3, -0.25) is 19.3 Å². The fourth-order valence-electron chi connectivity index (χ4n) is 11.5. The molecule has 8 unspecified atom stereocenters. The molecule has 1 aliphatic carbocycles. The second-order valence-electron chi connectivity index (χ2n) is 19.8. The molecule has 5 aromatic carbocycles. The van der Waals surface area contributed by atoms with E-state index in [0.29, 0.717) is 46.4 Å². The first kappa shape index (κ1) is 51.5. The average Bonchev–Trinajstić information content (AvgIpc) is 3.77. The molecule has 1 spiro atoms. The van der Waals surface area contributed by atoms with Crippen LogP contribution in [0.25, 0.3) is 0 Å². The van der Waals surface area contributed by atoms with Gasteiger partial charge in [-0.1, -0.05) is 142 Å². The van der Waals surface area contributed by atoms with Gasteiger partial charge in [0.15, 0.2) is 0 Å². The van der Waals surface area contributed by atoms with E-state index in [-0.39, 0.29) is 31.0 Å². The summed E-state index contributed by atoms with van der Waals surface area (Å²) >= 11 is 0. The van der Waals surface area contributed by atoms with Gasteiger partial charge >= 0.3 is 18.0 Å². The standard InChI is InChI=1S/C59H62N4O11/c1-37(2)48(54(67)72-3)61-57(70)62-45-27-26-38(28-31-58(71)29-15-4-5-16-30-58)34-44(45)59(56(62)69)47(53(66)60-36-46(65)39-18-9-6-10-19-39)50-55(68)74-51(41-22-13-8-14-23-41)49(40-20-11-7-12-21-40)63(50)52(59)42-24-17-25-43(35-42)73-33-32-64/h6-14,17-27,34-35,37,46-52,64-65,71H,4-5,15-16,29-30,32-33,36H2,1-3H3,(H,60,66)(H,61,70). The van der Waals surface area contributed by atoms with Crippen LogP contribution in [0, 0.1) is 23.7 Å². The molecule has 4 amide bonds. The van der Waals surface area contributed by atoms with Crippen LogP contribution in [-0.4, -0.2) is 94.6 Å². The van der Waals surface area contributed by atoms with E-state index in [9.17, 15) is 20.1 Å². The molecule has 8 atom stereocenters. The number of methoxy groups -OCH3 is 1. The molecule has 15 nitrogen and oxygen atoms in total. The molecule has 74 heavy (non-hydrogen) atoms. The number of carbonyl (C=O) groups excluding carboxylic acids is 5. The van der Waals surface area contributed by atoms with Crippen LogP contribution in [0.5, 0.6) is 5.75 Å². The van der Waals surface area contributed by atoms with Crippen LogP contribution in [0.3, 0.4) is 0 Å². The first-order valence-electron chi connectivity index (χ1n) is 25.4. The van der Waals surface area contributed by atoms with E-state index in [1.54, 1.807) is 86.6 Å². The summed E-state index contributed by atoms with van der Waals surface area (Å²) in [6.45, 7) is 2.73. The minimum Gasteiger partial charge on any atom is -0.491 e. The van der Waals surface area contributed by atoms with Gasteiger partial charge < -0.3 is 40.2 Å². The maximum absolute atomic E-state index is 16.8. The summed E-state index contributed by atoms with van der Waals surface area (Å²) in [6.07, 6.45) is 2.23. The number of fused-ring (bicyclic) bond motifs is 3. The normalized spacial score (nSPS) is 23.8. The zero-order valence-electron chi connectivity index (χ0n) is 41.7. The molecule has 0 radical (unpaired) electrons. The Morgan fingerprint density at radius 3 is 2.11 bits per heavy atom. The number of aliphatic hydroxyl groups is 3. The maximum Gasteiger partial charge on any atom is 0.329 e. The zero-order valence-corrected chi connectivity index (χ0v) is 41.7. The lowest BCUT2D eigenvalue weighted by atomic mass is 9.65. The Balaban J connectivity index is 1.34. The Hall–Kier alpha value is -7.35. The van der Waals surface area contributed by atoms with Crippen LogP contribution < -0.4 is 20.3 Å². The molecule has 3 fully saturated rings. The number of nitrogens with zero attached hydrogens (tertiary/aromatic N) is 2. The van der Waals surface area contributed by atoms with Gasteiger partial charge in [0.25, 0.3) is 0 Å². The predicted octanol–water partition coefficient (Wildman–Crippen LogP) is 6.92. The molecule has 3 aliphatic heterocycles. The summed E-state index contributed by atoms with van der Waals surface area (Å²) in [7, 11) is 1.20. The summed E-state index contributed by atoms with van der Waals surface area (Å²) < 4.78 is 17.7. The molecule has 1 saturated carbocycles. The third-order valence-electron chi connectivity index (χ3n) is 14.9. The van der Waals surface area contributed by atoms with E-state index >= 15 is 19.2 Å². The Morgan fingerprint density at radius 2 is 1.46 bits per heavy atom. The van der Waals surface area contributed by atoms with Gasteiger partial charge in [0.1, 0.15) is 41.6 Å². The van der Waals surface area contributed by atoms with Crippen molar-refractivity contribution in [2.75, 3.05) is 31.8 Å². The summed E-state index contributed by atoms with van der Waals surface area (Å²) in [5, 5.41) is 38.9. The smallest absolute Gasteiger partial charge is 0.329 e. The van der Waals surface area contributed by atoms with Crippen molar-refractivity contribution in [2.45, 2.75) is 99.8 Å². The van der Waals surface area contributed by atoms with Crippen LogP contribution >= 0.6 is 0 Å². The van der Waals surface area contributed by atoms with Gasteiger partial charge in [0, 0.05) is 12.1 Å². The predicted molar refractivity (Wildman–Crippen MR) is 274 cm³/mol. The third kappa shape index (κ3) is 9.78. The van der Waals surface area contributed by atoms with Crippen LogP contribution in [0.1, 0.15) is 110 Å². The molecular weight excluding hydrogens is 941 g/mol. The third-order valence-corrected chi connectivity index (χ3v) is 14.9. The number of esters is 2. The fourth-order valence-corrected chi connectivity index (χ4v) is 11.5. The monoisotopic (exact) mass is 1000 g/mol. The largest absolute Gasteiger partial charge is 0.491 e. The number of urea groups is 1. The lowest BCUT2D eigenvalue weighted by Gasteiger charge is -2.46. The van der Waals surface area contributed by atoms with E-state index < -0.39 is 89.0 Å². The number of hydrogen-bond donors (Lipinski definition) is 5. The maximum atomic E-state index is 16.8. The number of cyclic esters (lactones) is 1. The molecule has 5 aromatic rings. The topological polar surface area (TPSA) is 204 Å². The number of nitrogens with one attached hydrogen (secondary N) is 2. The molecular formula is C59H62N4O11. The van der Waals surface area contributed by atoms with Crippen LogP contribution in [0.15, 0.2) is 133 Å². The highest BCUT2D eigenvalue weighted by Gasteiger charge is 2.75. The second-order valence-corrected chi connectivity index (χ2v) is 19.8. The average molecular weight is 1000 g/mol. The van der Waals surface area contributed by atoms with Gasteiger partial charge in [-0.25, -0.2) is 14.5 Å². The van der Waals surface area contributed by atoms with Crippen molar-refractivity contribution < 1.29 is 53.5 Å². The highest BCUT2D eigenvalue weighted by atomic mass is 16.6. The molecule has 2 saturated heterocycles. The number of morpholine rings is 1. The number of benzene rings is 5. The van der Waals surface area contributed by atoms with E-state index in [0.717, 1.165) is 30.6 Å². The lowest BCUT2D eigenvalue weighted by molar-refractivity contribution is -0.178. The van der Waals surface area contributed by atoms with Gasteiger partial charge in [-0.05, 0) is 89.8 Å². The highest BCUT2D eigenvalue weighted by molar-refractivity contribution is 6.25. The van der Waals surface area contributed by atoms with E-state index in [2.05, 4.69) is 22.5 Å². The number of rotatable bonds is 13. The van der Waals surface area contributed by atoms with E-state index in [1.165, 1.54) is 7.11 Å². The molecule has 5 N–H and O–H groups in total. The highest BCUT2D eigenvalue weighted by Crippen LogP contribution is 2.66. The minimum absolute atomic E-state index is 0.0579. The van der Waals surface area contributed by atoms with Crippen LogP contribution in [0.2, 0.25) is 0 Å². The van der Waals surface area contributed by atoms with Crippen molar-refractivity contribution >= 4 is 35.5 Å². The molecule has 4 aliphatic rings. The molecule has 15 heteroatoms. The quantitative estimate of drug-likeness (QED) is 0.0464. The number of imide groups is 1. The summed E-state index contributed by atoms with van der Waals surface area (Å²) in [5.41, 5.74) is -0.695. The molecule has 384 valence electrons. The second kappa shape index (κ2) is 22.0. The van der Waals surface area contributed by atoms with Gasteiger partial charge in [-0.2, -0.15) is 0 Å². The Kier molecular flexibility index (Phi) is 15.3. The molecule has 0 aromatic heterocycles. The van der Waals surface area contributed by atoms with E-state index in [1.807, 2.05) is 65.6 Å². The summed E-state index contributed by atoms with van der Waals surface area (Å²) in [6, 6.07) is 33.0. The van der Waals surface area contributed by atoms with Crippen LogP contribution in [-0.2, 0) is 34.1 Å². The minimum atomic E-state index is -2.22. The van der Waals surface area contributed by atoms with E-state index in [4.69, 9.17) is 14.2 Å². The van der Waals surface area contributed by atoms with Gasteiger partial charge in [0.05, 0.1) is 43.5 Å². The van der Waals surface area contributed by atoms with Crippen molar-refractivity contribution in [3.63, 3.8) is 0 Å². The summed E-state index contributed by atoms with van der Waals surface area (Å²) in [4.78, 5) is 79.5. The number of anilines is 1. The Labute approximate surface area is 430 Å². The molecule has 0 bridgehead atoms. The fraction of sp³-hybridized carbons (Fsp3) is 0.373. The van der Waals surface area contributed by atoms with Gasteiger partial charge in [0.2, 0.25) is 11.8 Å². The SMILES string of the molecule is COC(=O)C(NC(=O)N1C(=O)C2(c3cc(C#CC4(O)CCCCCC4)ccc31)C(C(=O)NCC(O)c1ccccc1)C1C(=O)OC(c3ccccc3)C(c3ccccc3)N1C2c1cccc(OCCO)c1)C(C)C. The Morgan fingerprint density at radius 1 is 0.811 bits per heavy atom. The zero-order chi connectivity index (χ0) is 52.1. The number of amides is 4. The van der Waals surface area contributed by atoms with Crippen molar-refractivity contribution in [1.82, 2.24) is 15.5 Å². The van der Waals surface area contributed by atoms with Crippen molar-refractivity contribution in [1.29, 1.82) is 0 Å². The van der Waals surface area contributed by atoms with Crippen LogP contribution in [0.4, 0.5) is 10.5 Å². The van der Waals surface area contributed by atoms with Crippen molar-refractivity contribution in [3.8, 4) is 17.6 Å². The number of carbonyl (C=O) groups is 5. The van der Waals surface area contributed by atoms with Gasteiger partial charge in [-0.15, -0.1) is 0 Å². The molecule has 9 rings (SSSR count). The summed E-state index contributed by atoms with van der Waals surface area (Å²) in [5.74, 6) is 1.19. The Bertz CT molecular complexity index is 2920. The van der Waals surface area contributed by atoms with Crippen molar-refractivity contribution in [3.05, 3.63) is 167 Å². The number of aliphatic hydroxyl groups excluding tert-OH is 2.